The Hall–Kier alpha value is -0.900. The number of likely N-dealkylation sites (tertiary alicyclic amines) is 1. The van der Waals surface area contributed by atoms with E-state index < -0.39 is 0 Å². The minimum Gasteiger partial charge on any atom is -0.323 e. The number of rotatable bonds is 5. The summed E-state index contributed by atoms with van der Waals surface area (Å²) in [5.41, 5.74) is 10.3. The lowest BCUT2D eigenvalue weighted by Crippen LogP contribution is -2.40. The van der Waals surface area contributed by atoms with E-state index in [0.29, 0.717) is 0 Å². The lowest BCUT2D eigenvalue weighted by atomic mass is 9.95. The monoisotopic (exact) mass is 289 g/mol. The van der Waals surface area contributed by atoms with Crippen molar-refractivity contribution < 1.29 is 0 Å². The Morgan fingerprint density at radius 3 is 2.24 bits per heavy atom. The van der Waals surface area contributed by atoms with Gasteiger partial charge in [-0.1, -0.05) is 29.3 Å². The molecule has 1 aliphatic heterocycles. The summed E-state index contributed by atoms with van der Waals surface area (Å²) in [6, 6.07) is 6.81. The van der Waals surface area contributed by atoms with Crippen molar-refractivity contribution in [2.75, 3.05) is 40.3 Å². The van der Waals surface area contributed by atoms with E-state index in [4.69, 9.17) is 5.73 Å². The van der Waals surface area contributed by atoms with Crippen molar-refractivity contribution in [3.05, 3.63) is 34.9 Å². The zero-order valence-corrected chi connectivity index (χ0v) is 14.1. The van der Waals surface area contributed by atoms with Gasteiger partial charge in [-0.3, -0.25) is 0 Å². The van der Waals surface area contributed by atoms with E-state index in [0.717, 1.165) is 12.5 Å². The molecule has 1 atom stereocenters. The Bertz CT molecular complexity index is 428. The van der Waals surface area contributed by atoms with E-state index in [9.17, 15) is 0 Å². The van der Waals surface area contributed by atoms with Crippen LogP contribution in [0.2, 0.25) is 0 Å². The van der Waals surface area contributed by atoms with Crippen LogP contribution in [0.25, 0.3) is 0 Å². The Morgan fingerprint density at radius 1 is 1.14 bits per heavy atom. The van der Waals surface area contributed by atoms with Gasteiger partial charge in [-0.2, -0.15) is 0 Å². The molecule has 0 amide bonds. The molecule has 3 nitrogen and oxygen atoms in total. The fourth-order valence-corrected chi connectivity index (χ4v) is 3.48. The molecular weight excluding hydrogens is 258 g/mol. The first-order valence-corrected chi connectivity index (χ1v) is 8.15. The molecular formula is C18H31N3. The first-order chi connectivity index (χ1) is 9.94. The molecule has 0 radical (unpaired) electrons. The highest BCUT2D eigenvalue weighted by Gasteiger charge is 2.21. The van der Waals surface area contributed by atoms with Crippen molar-refractivity contribution in [2.24, 2.45) is 11.7 Å². The van der Waals surface area contributed by atoms with Crippen LogP contribution in [-0.2, 0) is 0 Å². The van der Waals surface area contributed by atoms with Gasteiger partial charge in [0.15, 0.2) is 0 Å². The molecule has 1 aromatic rings. The summed E-state index contributed by atoms with van der Waals surface area (Å²) in [5.74, 6) is 0.855. The maximum Gasteiger partial charge on any atom is 0.0424 e. The van der Waals surface area contributed by atoms with Crippen molar-refractivity contribution >= 4 is 0 Å². The molecule has 0 aromatic heterocycles. The molecule has 0 bridgehead atoms. The predicted molar refractivity (Wildman–Crippen MR) is 90.6 cm³/mol. The SMILES string of the molecule is Cc1cc(C)cc(C(N)CN2CCC(CN(C)C)CC2)c1. The summed E-state index contributed by atoms with van der Waals surface area (Å²) in [6.07, 6.45) is 2.61. The van der Waals surface area contributed by atoms with Crippen molar-refractivity contribution in [1.29, 1.82) is 0 Å². The van der Waals surface area contributed by atoms with Crippen LogP contribution in [0.15, 0.2) is 18.2 Å². The number of hydrogen-bond donors (Lipinski definition) is 1. The number of piperidine rings is 1. The van der Waals surface area contributed by atoms with Crippen LogP contribution in [0.5, 0.6) is 0 Å². The van der Waals surface area contributed by atoms with Crippen LogP contribution >= 0.6 is 0 Å². The highest BCUT2D eigenvalue weighted by atomic mass is 15.1. The van der Waals surface area contributed by atoms with Crippen LogP contribution in [0, 0.1) is 19.8 Å². The van der Waals surface area contributed by atoms with E-state index in [1.54, 1.807) is 0 Å². The second-order valence-corrected chi connectivity index (χ2v) is 7.03. The number of nitrogens with two attached hydrogens (primary N) is 1. The number of benzene rings is 1. The normalized spacial score (nSPS) is 19.1. The molecule has 2 N–H and O–H groups in total. The molecule has 1 aromatic carbocycles. The summed E-state index contributed by atoms with van der Waals surface area (Å²) in [6.45, 7) is 8.88. The molecule has 0 spiro atoms. The van der Waals surface area contributed by atoms with Gasteiger partial charge in [0.05, 0.1) is 0 Å². The quantitative estimate of drug-likeness (QED) is 0.904. The molecule has 1 saturated heterocycles. The summed E-state index contributed by atoms with van der Waals surface area (Å²) in [4.78, 5) is 4.84. The smallest absolute Gasteiger partial charge is 0.0424 e. The fraction of sp³-hybridized carbons (Fsp3) is 0.667. The zero-order chi connectivity index (χ0) is 15.4. The van der Waals surface area contributed by atoms with Crippen LogP contribution < -0.4 is 5.73 Å². The first-order valence-electron chi connectivity index (χ1n) is 8.15. The Kier molecular flexibility index (Phi) is 5.80. The summed E-state index contributed by atoms with van der Waals surface area (Å²) in [5, 5.41) is 0. The third-order valence-corrected chi connectivity index (χ3v) is 4.46. The van der Waals surface area contributed by atoms with E-state index in [1.807, 2.05) is 0 Å². The van der Waals surface area contributed by atoms with Crippen LogP contribution in [0.1, 0.15) is 35.6 Å². The summed E-state index contributed by atoms with van der Waals surface area (Å²) >= 11 is 0. The number of hydrogen-bond acceptors (Lipinski definition) is 3. The van der Waals surface area contributed by atoms with E-state index >= 15 is 0 Å². The van der Waals surface area contributed by atoms with Gasteiger partial charge in [-0.05, 0) is 65.4 Å². The fourth-order valence-electron chi connectivity index (χ4n) is 3.48. The predicted octanol–water partition coefficient (Wildman–Crippen LogP) is 2.58. The minimum absolute atomic E-state index is 0.133. The Labute approximate surface area is 130 Å². The molecule has 1 unspecified atom stereocenters. The van der Waals surface area contributed by atoms with Gasteiger partial charge in [0.25, 0.3) is 0 Å². The molecule has 0 saturated carbocycles. The van der Waals surface area contributed by atoms with E-state index in [-0.39, 0.29) is 6.04 Å². The highest BCUT2D eigenvalue weighted by molar-refractivity contribution is 5.30. The second kappa shape index (κ2) is 7.39. The standard InChI is InChI=1S/C18H31N3/c1-14-9-15(2)11-17(10-14)18(19)13-21-7-5-16(6-8-21)12-20(3)4/h9-11,16,18H,5-8,12-13,19H2,1-4H3. The third kappa shape index (κ3) is 5.10. The third-order valence-electron chi connectivity index (χ3n) is 4.46. The van der Waals surface area contributed by atoms with Gasteiger partial charge in [-0.25, -0.2) is 0 Å². The van der Waals surface area contributed by atoms with Crippen LogP contribution in [-0.4, -0.2) is 50.1 Å². The van der Waals surface area contributed by atoms with Crippen molar-refractivity contribution in [3.8, 4) is 0 Å². The lowest BCUT2D eigenvalue weighted by Gasteiger charge is -2.34. The largest absolute Gasteiger partial charge is 0.323 e. The average Bonchev–Trinajstić information content (AvgIpc) is 2.39. The number of nitrogens with zero attached hydrogens (tertiary/aromatic N) is 2. The Morgan fingerprint density at radius 2 is 1.71 bits per heavy atom. The van der Waals surface area contributed by atoms with Crippen LogP contribution in [0.3, 0.4) is 0 Å². The maximum atomic E-state index is 6.43. The zero-order valence-electron chi connectivity index (χ0n) is 14.1. The highest BCUT2D eigenvalue weighted by Crippen LogP contribution is 2.21. The van der Waals surface area contributed by atoms with Gasteiger partial charge < -0.3 is 15.5 Å². The molecule has 1 heterocycles. The average molecular weight is 289 g/mol. The molecule has 0 aliphatic carbocycles. The second-order valence-electron chi connectivity index (χ2n) is 7.03. The van der Waals surface area contributed by atoms with Gasteiger partial charge >= 0.3 is 0 Å². The number of aryl methyl sites for hydroxylation is 2. The van der Waals surface area contributed by atoms with E-state index in [2.05, 4.69) is 55.9 Å². The van der Waals surface area contributed by atoms with Crippen molar-refractivity contribution in [3.63, 3.8) is 0 Å². The van der Waals surface area contributed by atoms with Gasteiger partial charge in [0.2, 0.25) is 0 Å². The lowest BCUT2D eigenvalue weighted by molar-refractivity contribution is 0.156. The minimum atomic E-state index is 0.133. The van der Waals surface area contributed by atoms with Crippen molar-refractivity contribution in [2.45, 2.75) is 32.7 Å². The molecule has 3 heteroatoms. The van der Waals surface area contributed by atoms with Gasteiger partial charge in [-0.15, -0.1) is 0 Å². The topological polar surface area (TPSA) is 32.5 Å². The van der Waals surface area contributed by atoms with Crippen molar-refractivity contribution in [1.82, 2.24) is 9.80 Å². The maximum absolute atomic E-state index is 6.43. The first kappa shape index (κ1) is 16.5. The molecule has 118 valence electrons. The Balaban J connectivity index is 1.85. The molecule has 21 heavy (non-hydrogen) atoms. The van der Waals surface area contributed by atoms with Crippen LogP contribution in [0.4, 0.5) is 0 Å². The summed E-state index contributed by atoms with van der Waals surface area (Å²) in [7, 11) is 4.34. The van der Waals surface area contributed by atoms with Gasteiger partial charge in [0.1, 0.15) is 0 Å². The van der Waals surface area contributed by atoms with E-state index in [1.165, 1.54) is 49.2 Å². The molecule has 1 fully saturated rings. The summed E-state index contributed by atoms with van der Waals surface area (Å²) < 4.78 is 0. The van der Waals surface area contributed by atoms with Gasteiger partial charge in [0, 0.05) is 19.1 Å². The molecule has 1 aliphatic rings. The molecule has 2 rings (SSSR count).